The molecule has 0 aliphatic heterocycles. The maximum absolute atomic E-state index is 12.0. The summed E-state index contributed by atoms with van der Waals surface area (Å²) in [5.74, 6) is 0.166. The van der Waals surface area contributed by atoms with Crippen LogP contribution in [-0.4, -0.2) is 36.1 Å². The van der Waals surface area contributed by atoms with E-state index in [2.05, 4.69) is 20.6 Å². The number of ether oxygens (including phenoxy) is 1. The predicted molar refractivity (Wildman–Crippen MR) is 89.8 cm³/mol. The number of methoxy groups -OCH3 is 1. The summed E-state index contributed by atoms with van der Waals surface area (Å²) in [7, 11) is 1.58. The van der Waals surface area contributed by atoms with Crippen molar-refractivity contribution in [3.8, 4) is 0 Å². The molecule has 23 heavy (non-hydrogen) atoms. The number of nitrogens with zero attached hydrogens (tertiary/aromatic N) is 2. The smallest absolute Gasteiger partial charge is 0.270 e. The summed E-state index contributed by atoms with van der Waals surface area (Å²) < 4.78 is 4.90. The molecule has 0 bridgehead atoms. The van der Waals surface area contributed by atoms with Gasteiger partial charge in [-0.05, 0) is 30.7 Å². The molecule has 1 heterocycles. The van der Waals surface area contributed by atoms with Crippen LogP contribution in [0.2, 0.25) is 5.02 Å². The number of amides is 1. The highest BCUT2D eigenvalue weighted by molar-refractivity contribution is 6.30. The highest BCUT2D eigenvalue weighted by Gasteiger charge is 2.10. The van der Waals surface area contributed by atoms with Crippen LogP contribution >= 0.6 is 11.6 Å². The molecule has 0 radical (unpaired) electrons. The summed E-state index contributed by atoms with van der Waals surface area (Å²) in [6.45, 7) is 3.26. The van der Waals surface area contributed by atoms with E-state index in [-0.39, 0.29) is 5.91 Å². The molecular weight excluding hydrogens is 316 g/mol. The maximum atomic E-state index is 12.0. The lowest BCUT2D eigenvalue weighted by Crippen LogP contribution is -2.28. The zero-order chi connectivity index (χ0) is 16.7. The van der Waals surface area contributed by atoms with Gasteiger partial charge in [-0.25, -0.2) is 9.97 Å². The molecule has 0 aliphatic carbocycles. The SMILES string of the molecule is COCCNC(=O)c1cc(C)nc(NCc2ccc(Cl)cc2)n1. The number of halogens is 1. The molecule has 0 fully saturated rings. The molecule has 2 rings (SSSR count). The Balaban J connectivity index is 2.01. The Morgan fingerprint density at radius 1 is 1.26 bits per heavy atom. The predicted octanol–water partition coefficient (Wildman–Crippen LogP) is 2.43. The van der Waals surface area contributed by atoms with Crippen molar-refractivity contribution < 1.29 is 9.53 Å². The number of hydrogen-bond acceptors (Lipinski definition) is 5. The van der Waals surface area contributed by atoms with Crippen molar-refractivity contribution in [2.24, 2.45) is 0 Å². The standard InChI is InChI=1S/C16H19ClN4O2/c1-11-9-14(15(22)18-7-8-23-2)21-16(20-11)19-10-12-3-5-13(17)6-4-12/h3-6,9H,7-8,10H2,1-2H3,(H,18,22)(H,19,20,21). The molecule has 0 spiro atoms. The van der Waals surface area contributed by atoms with Crippen LogP contribution in [0.3, 0.4) is 0 Å². The Bertz CT molecular complexity index is 662. The normalized spacial score (nSPS) is 10.4. The Morgan fingerprint density at radius 3 is 2.70 bits per heavy atom. The minimum atomic E-state index is -0.248. The molecule has 1 aromatic carbocycles. The van der Waals surface area contributed by atoms with E-state index < -0.39 is 0 Å². The molecule has 2 aromatic rings. The lowest BCUT2D eigenvalue weighted by Gasteiger charge is -2.09. The number of rotatable bonds is 7. The molecule has 2 N–H and O–H groups in total. The van der Waals surface area contributed by atoms with Crippen molar-refractivity contribution in [3.05, 3.63) is 52.3 Å². The fourth-order valence-corrected chi connectivity index (χ4v) is 2.03. The molecule has 7 heteroatoms. The molecular formula is C16H19ClN4O2. The van der Waals surface area contributed by atoms with Gasteiger partial charge >= 0.3 is 0 Å². The van der Waals surface area contributed by atoms with Crippen molar-refractivity contribution in [1.82, 2.24) is 15.3 Å². The number of hydrogen-bond donors (Lipinski definition) is 2. The summed E-state index contributed by atoms with van der Waals surface area (Å²) in [5.41, 5.74) is 2.09. The Kier molecular flexibility index (Phi) is 6.31. The number of carbonyl (C=O) groups is 1. The van der Waals surface area contributed by atoms with Crippen LogP contribution in [0.1, 0.15) is 21.7 Å². The fraction of sp³-hybridized carbons (Fsp3) is 0.312. The molecule has 0 saturated carbocycles. The summed E-state index contributed by atoms with van der Waals surface area (Å²) in [6, 6.07) is 9.14. The van der Waals surface area contributed by atoms with E-state index >= 15 is 0 Å². The van der Waals surface area contributed by atoms with Gasteiger partial charge in [0.05, 0.1) is 6.61 Å². The molecule has 6 nitrogen and oxygen atoms in total. The monoisotopic (exact) mass is 334 g/mol. The first kappa shape index (κ1) is 17.2. The van der Waals surface area contributed by atoms with Crippen LogP contribution < -0.4 is 10.6 Å². The van der Waals surface area contributed by atoms with E-state index in [0.717, 1.165) is 11.3 Å². The zero-order valence-corrected chi connectivity index (χ0v) is 13.9. The Morgan fingerprint density at radius 2 is 2.00 bits per heavy atom. The number of aryl methyl sites for hydroxylation is 1. The third-order valence-corrected chi connectivity index (χ3v) is 3.29. The molecule has 0 atom stereocenters. The summed E-state index contributed by atoms with van der Waals surface area (Å²) in [6.07, 6.45) is 0. The minimum Gasteiger partial charge on any atom is -0.383 e. The largest absolute Gasteiger partial charge is 0.383 e. The number of nitrogens with one attached hydrogen (secondary N) is 2. The van der Waals surface area contributed by atoms with Gasteiger partial charge in [-0.3, -0.25) is 4.79 Å². The minimum absolute atomic E-state index is 0.248. The van der Waals surface area contributed by atoms with Crippen molar-refractivity contribution >= 4 is 23.5 Å². The van der Waals surface area contributed by atoms with Crippen molar-refractivity contribution in [1.29, 1.82) is 0 Å². The number of aromatic nitrogens is 2. The van der Waals surface area contributed by atoms with E-state index in [4.69, 9.17) is 16.3 Å². The van der Waals surface area contributed by atoms with Crippen molar-refractivity contribution in [3.63, 3.8) is 0 Å². The molecule has 1 aromatic heterocycles. The van der Waals surface area contributed by atoms with Gasteiger partial charge in [0.1, 0.15) is 5.69 Å². The van der Waals surface area contributed by atoms with Crippen LogP contribution in [-0.2, 0) is 11.3 Å². The second-order valence-corrected chi connectivity index (χ2v) is 5.38. The quantitative estimate of drug-likeness (QED) is 0.760. The third-order valence-electron chi connectivity index (χ3n) is 3.04. The first-order valence-electron chi connectivity index (χ1n) is 7.19. The first-order chi connectivity index (χ1) is 11.1. The Hall–Kier alpha value is -2.18. The molecule has 0 saturated heterocycles. The second kappa shape index (κ2) is 8.45. The first-order valence-corrected chi connectivity index (χ1v) is 7.57. The van der Waals surface area contributed by atoms with Gasteiger partial charge < -0.3 is 15.4 Å². The second-order valence-electron chi connectivity index (χ2n) is 4.95. The van der Waals surface area contributed by atoms with Crippen LogP contribution in [0, 0.1) is 6.92 Å². The highest BCUT2D eigenvalue weighted by Crippen LogP contribution is 2.11. The van der Waals surface area contributed by atoms with Gasteiger partial charge in [0.15, 0.2) is 0 Å². The van der Waals surface area contributed by atoms with E-state index in [1.165, 1.54) is 0 Å². The number of anilines is 1. The van der Waals surface area contributed by atoms with E-state index in [9.17, 15) is 4.79 Å². The van der Waals surface area contributed by atoms with Gasteiger partial charge in [0.25, 0.3) is 5.91 Å². The van der Waals surface area contributed by atoms with E-state index in [1.54, 1.807) is 13.2 Å². The summed E-state index contributed by atoms with van der Waals surface area (Å²) >= 11 is 5.86. The van der Waals surface area contributed by atoms with Crippen molar-refractivity contribution in [2.45, 2.75) is 13.5 Å². The molecule has 0 unspecified atom stereocenters. The fourth-order valence-electron chi connectivity index (χ4n) is 1.90. The van der Waals surface area contributed by atoms with Crippen molar-refractivity contribution in [2.75, 3.05) is 25.6 Å². The van der Waals surface area contributed by atoms with E-state index in [0.29, 0.717) is 36.4 Å². The lowest BCUT2D eigenvalue weighted by atomic mass is 10.2. The van der Waals surface area contributed by atoms with Crippen LogP contribution in [0.4, 0.5) is 5.95 Å². The van der Waals surface area contributed by atoms with Crippen LogP contribution in [0.5, 0.6) is 0 Å². The van der Waals surface area contributed by atoms with Gasteiger partial charge in [-0.1, -0.05) is 23.7 Å². The van der Waals surface area contributed by atoms with Crippen LogP contribution in [0.25, 0.3) is 0 Å². The topological polar surface area (TPSA) is 76.1 Å². The van der Waals surface area contributed by atoms with Gasteiger partial charge in [0, 0.05) is 30.9 Å². The molecule has 122 valence electrons. The van der Waals surface area contributed by atoms with E-state index in [1.807, 2.05) is 31.2 Å². The summed E-state index contributed by atoms with van der Waals surface area (Å²) in [5, 5.41) is 6.54. The number of carbonyl (C=O) groups excluding carboxylic acids is 1. The van der Waals surface area contributed by atoms with Gasteiger partial charge in [-0.2, -0.15) is 0 Å². The van der Waals surface area contributed by atoms with Gasteiger partial charge in [-0.15, -0.1) is 0 Å². The average Bonchev–Trinajstić information content (AvgIpc) is 2.54. The third kappa shape index (κ3) is 5.50. The highest BCUT2D eigenvalue weighted by atomic mass is 35.5. The van der Waals surface area contributed by atoms with Gasteiger partial charge in [0.2, 0.25) is 5.95 Å². The number of benzene rings is 1. The zero-order valence-electron chi connectivity index (χ0n) is 13.1. The average molecular weight is 335 g/mol. The summed E-state index contributed by atoms with van der Waals surface area (Å²) in [4.78, 5) is 20.6. The van der Waals surface area contributed by atoms with Crippen LogP contribution in [0.15, 0.2) is 30.3 Å². The molecule has 0 aliphatic rings. The Labute approximate surface area is 140 Å². The maximum Gasteiger partial charge on any atom is 0.270 e. The molecule has 1 amide bonds. The lowest BCUT2D eigenvalue weighted by molar-refractivity contribution is 0.0932.